The van der Waals surface area contributed by atoms with E-state index in [-0.39, 0.29) is 12.4 Å². The molecule has 0 aliphatic carbocycles. The summed E-state index contributed by atoms with van der Waals surface area (Å²) in [5.41, 5.74) is 4.39. The topological polar surface area (TPSA) is 52.9 Å². The van der Waals surface area contributed by atoms with Crippen molar-refractivity contribution in [1.82, 2.24) is 0 Å². The van der Waals surface area contributed by atoms with Crippen molar-refractivity contribution in [1.29, 1.82) is 0 Å². The van der Waals surface area contributed by atoms with E-state index in [1.165, 1.54) is 11.1 Å². The van der Waals surface area contributed by atoms with Crippen molar-refractivity contribution in [3.63, 3.8) is 0 Å². The third-order valence-corrected chi connectivity index (χ3v) is 3.40. The van der Waals surface area contributed by atoms with Crippen LogP contribution in [0, 0.1) is 13.8 Å². The fourth-order valence-corrected chi connectivity index (χ4v) is 2.45. The third-order valence-electron chi connectivity index (χ3n) is 3.40. The number of benzene rings is 2. The first-order chi connectivity index (χ1) is 10.1. The van der Waals surface area contributed by atoms with Gasteiger partial charge in [-0.15, -0.1) is 0 Å². The molecular formula is C17H21NO3. The van der Waals surface area contributed by atoms with Crippen molar-refractivity contribution in [2.45, 2.75) is 20.3 Å². The maximum atomic E-state index is 9.70. The summed E-state index contributed by atoms with van der Waals surface area (Å²) in [6.45, 7) is 5.10. The average Bonchev–Trinajstić information content (AvgIpc) is 2.45. The van der Waals surface area contributed by atoms with Crippen LogP contribution in [0.3, 0.4) is 0 Å². The maximum absolute atomic E-state index is 9.70. The molecule has 0 fully saturated rings. The zero-order chi connectivity index (χ0) is 15.2. The summed E-state index contributed by atoms with van der Waals surface area (Å²) in [5, 5.41) is 18.2. The highest BCUT2D eigenvalue weighted by Crippen LogP contribution is 2.31. The summed E-state index contributed by atoms with van der Waals surface area (Å²) in [6.07, 6.45) is 0.680. The van der Waals surface area contributed by atoms with Crippen LogP contribution in [0.4, 0.5) is 11.4 Å². The number of phenolic OH excluding ortho intramolecular Hbond substituents is 1. The summed E-state index contributed by atoms with van der Waals surface area (Å²) in [7, 11) is 0. The molecule has 21 heavy (non-hydrogen) atoms. The maximum Gasteiger partial charge on any atom is 0.117 e. The van der Waals surface area contributed by atoms with Crippen molar-refractivity contribution < 1.29 is 15.3 Å². The van der Waals surface area contributed by atoms with E-state index in [2.05, 4.69) is 41.8 Å². The van der Waals surface area contributed by atoms with Gasteiger partial charge in [-0.05, 0) is 44.0 Å². The molecule has 0 saturated carbocycles. The van der Waals surface area contributed by atoms with Crippen molar-refractivity contribution in [3.05, 3.63) is 53.6 Å². The minimum Gasteiger partial charge on any atom is -0.508 e. The second kappa shape index (κ2) is 7.11. The van der Waals surface area contributed by atoms with Crippen LogP contribution in [0.5, 0.6) is 5.75 Å². The van der Waals surface area contributed by atoms with Gasteiger partial charge in [0.1, 0.15) is 5.75 Å². The Kier molecular flexibility index (Phi) is 5.20. The Morgan fingerprint density at radius 3 is 2.57 bits per heavy atom. The first-order valence-electron chi connectivity index (χ1n) is 7.02. The van der Waals surface area contributed by atoms with Crippen molar-refractivity contribution >= 4 is 11.4 Å². The first kappa shape index (κ1) is 15.4. The SMILES string of the molecule is Cc1ccc(N(CCCOO)c2cccc(O)c2)c(C)c1. The zero-order valence-electron chi connectivity index (χ0n) is 12.4. The molecule has 4 heteroatoms. The van der Waals surface area contributed by atoms with Crippen LogP contribution < -0.4 is 4.90 Å². The summed E-state index contributed by atoms with van der Waals surface area (Å²) in [5.74, 6) is 0.237. The monoisotopic (exact) mass is 287 g/mol. The molecule has 0 saturated heterocycles. The minimum absolute atomic E-state index is 0.237. The number of aryl methyl sites for hydroxylation is 2. The van der Waals surface area contributed by atoms with Gasteiger partial charge in [-0.3, -0.25) is 5.26 Å². The molecule has 2 aromatic rings. The quantitative estimate of drug-likeness (QED) is 0.478. The van der Waals surface area contributed by atoms with E-state index in [1.54, 1.807) is 12.1 Å². The van der Waals surface area contributed by atoms with E-state index in [0.29, 0.717) is 13.0 Å². The predicted molar refractivity (Wildman–Crippen MR) is 84.2 cm³/mol. The number of nitrogens with zero attached hydrogens (tertiary/aromatic N) is 1. The van der Waals surface area contributed by atoms with Crippen LogP contribution in [-0.4, -0.2) is 23.5 Å². The summed E-state index contributed by atoms with van der Waals surface area (Å²) >= 11 is 0. The second-order valence-corrected chi connectivity index (χ2v) is 5.15. The lowest BCUT2D eigenvalue weighted by Crippen LogP contribution is -2.20. The van der Waals surface area contributed by atoms with E-state index < -0.39 is 0 Å². The number of rotatable bonds is 6. The van der Waals surface area contributed by atoms with Crippen LogP contribution in [0.1, 0.15) is 17.5 Å². The smallest absolute Gasteiger partial charge is 0.117 e. The summed E-state index contributed by atoms with van der Waals surface area (Å²) < 4.78 is 0. The standard InChI is InChI=1S/C17H21NO3/c1-13-7-8-17(14(2)11-13)18(9-4-10-21-20)15-5-3-6-16(19)12-15/h3,5-8,11-12,19-20H,4,9-10H2,1-2H3. The number of anilines is 2. The Morgan fingerprint density at radius 2 is 1.90 bits per heavy atom. The van der Waals surface area contributed by atoms with E-state index in [9.17, 15) is 5.11 Å². The Bertz CT molecular complexity index is 598. The lowest BCUT2D eigenvalue weighted by Gasteiger charge is -2.27. The molecule has 0 aliphatic rings. The predicted octanol–water partition coefficient (Wildman–Crippen LogP) is 4.03. The Labute approximate surface area is 125 Å². The highest BCUT2D eigenvalue weighted by Gasteiger charge is 2.12. The Hall–Kier alpha value is -2.04. The van der Waals surface area contributed by atoms with Crippen LogP contribution in [0.2, 0.25) is 0 Å². The highest BCUT2D eigenvalue weighted by molar-refractivity contribution is 5.67. The molecule has 0 heterocycles. The van der Waals surface area contributed by atoms with E-state index in [0.717, 1.165) is 11.4 Å². The van der Waals surface area contributed by atoms with E-state index >= 15 is 0 Å². The van der Waals surface area contributed by atoms with Gasteiger partial charge in [-0.1, -0.05) is 23.8 Å². The number of hydrogen-bond donors (Lipinski definition) is 2. The molecular weight excluding hydrogens is 266 g/mol. The minimum atomic E-state index is 0.237. The van der Waals surface area contributed by atoms with Crippen LogP contribution in [0.15, 0.2) is 42.5 Å². The van der Waals surface area contributed by atoms with Gasteiger partial charge in [0, 0.05) is 24.0 Å². The Balaban J connectivity index is 2.35. The molecule has 4 nitrogen and oxygen atoms in total. The normalized spacial score (nSPS) is 10.6. The van der Waals surface area contributed by atoms with Gasteiger partial charge < -0.3 is 10.0 Å². The molecule has 0 amide bonds. The van der Waals surface area contributed by atoms with Crippen LogP contribution in [-0.2, 0) is 4.89 Å². The van der Waals surface area contributed by atoms with Gasteiger partial charge in [0.25, 0.3) is 0 Å². The average molecular weight is 287 g/mol. The van der Waals surface area contributed by atoms with Crippen molar-refractivity contribution in [3.8, 4) is 5.75 Å². The molecule has 0 aromatic heterocycles. The lowest BCUT2D eigenvalue weighted by molar-refractivity contribution is -0.242. The van der Waals surface area contributed by atoms with Gasteiger partial charge in [0.15, 0.2) is 0 Å². The lowest BCUT2D eigenvalue weighted by atomic mass is 10.1. The van der Waals surface area contributed by atoms with Crippen molar-refractivity contribution in [2.24, 2.45) is 0 Å². The molecule has 112 valence electrons. The van der Waals surface area contributed by atoms with Gasteiger partial charge in [-0.25, -0.2) is 4.89 Å². The first-order valence-corrected chi connectivity index (χ1v) is 7.02. The van der Waals surface area contributed by atoms with E-state index in [4.69, 9.17) is 5.26 Å². The highest BCUT2D eigenvalue weighted by atomic mass is 17.1. The molecule has 2 aromatic carbocycles. The summed E-state index contributed by atoms with van der Waals surface area (Å²) in [4.78, 5) is 6.28. The van der Waals surface area contributed by atoms with Gasteiger partial charge in [0.2, 0.25) is 0 Å². The number of phenols is 1. The van der Waals surface area contributed by atoms with Crippen LogP contribution in [0.25, 0.3) is 0 Å². The molecule has 2 N–H and O–H groups in total. The Morgan fingerprint density at radius 1 is 1.10 bits per heavy atom. The third kappa shape index (κ3) is 3.97. The van der Waals surface area contributed by atoms with E-state index in [1.807, 2.05) is 12.1 Å². The molecule has 0 spiro atoms. The zero-order valence-corrected chi connectivity index (χ0v) is 12.4. The largest absolute Gasteiger partial charge is 0.508 e. The molecule has 0 bridgehead atoms. The number of hydrogen-bond acceptors (Lipinski definition) is 4. The van der Waals surface area contributed by atoms with Gasteiger partial charge in [0.05, 0.1) is 6.61 Å². The second-order valence-electron chi connectivity index (χ2n) is 5.15. The van der Waals surface area contributed by atoms with Gasteiger partial charge >= 0.3 is 0 Å². The molecule has 2 rings (SSSR count). The van der Waals surface area contributed by atoms with Crippen LogP contribution >= 0.6 is 0 Å². The fraction of sp³-hybridized carbons (Fsp3) is 0.294. The molecule has 0 radical (unpaired) electrons. The molecule has 0 aliphatic heterocycles. The van der Waals surface area contributed by atoms with Crippen molar-refractivity contribution in [2.75, 3.05) is 18.1 Å². The number of aromatic hydroxyl groups is 1. The summed E-state index contributed by atoms with van der Waals surface area (Å²) in [6, 6.07) is 13.4. The van der Waals surface area contributed by atoms with Gasteiger partial charge in [-0.2, -0.15) is 0 Å². The molecule has 0 unspecified atom stereocenters. The molecule has 0 atom stereocenters. The fourth-order valence-electron chi connectivity index (χ4n) is 2.45.